The van der Waals surface area contributed by atoms with Gasteiger partial charge < -0.3 is 10.8 Å². The maximum absolute atomic E-state index is 12.0. The predicted octanol–water partition coefficient (Wildman–Crippen LogP) is -1.33. The van der Waals surface area contributed by atoms with Crippen molar-refractivity contribution in [2.75, 3.05) is 51.6 Å². The molecule has 3 N–H and O–H groups in total. The van der Waals surface area contributed by atoms with E-state index in [1.807, 2.05) is 0 Å². The average Bonchev–Trinajstić information content (AvgIpc) is 2.53. The fraction of sp³-hybridized carbons (Fsp3) is 1.00. The SMILES string of the molecule is NCCCS(=O)(=O)N1CCCN(CCO)CC1. The molecule has 0 aromatic rings. The molecule has 1 aliphatic heterocycles. The summed E-state index contributed by atoms with van der Waals surface area (Å²) in [5.41, 5.74) is 5.34. The molecule has 1 aliphatic rings. The molecule has 1 fully saturated rings. The van der Waals surface area contributed by atoms with Gasteiger partial charge in [-0.25, -0.2) is 12.7 Å². The van der Waals surface area contributed by atoms with E-state index in [4.69, 9.17) is 10.8 Å². The predicted molar refractivity (Wildman–Crippen MR) is 67.2 cm³/mol. The van der Waals surface area contributed by atoms with Crippen LogP contribution in [-0.2, 0) is 10.0 Å². The van der Waals surface area contributed by atoms with Crippen molar-refractivity contribution < 1.29 is 13.5 Å². The summed E-state index contributed by atoms with van der Waals surface area (Å²) in [6.07, 6.45) is 1.33. The number of nitrogens with two attached hydrogens (primary N) is 1. The standard InChI is InChI=1S/C10H23N3O3S/c11-3-1-10-17(15,16)13-5-2-4-12(6-7-13)8-9-14/h14H,1-11H2. The molecule has 0 aliphatic carbocycles. The Morgan fingerprint density at radius 2 is 1.94 bits per heavy atom. The highest BCUT2D eigenvalue weighted by molar-refractivity contribution is 7.89. The van der Waals surface area contributed by atoms with Crippen LogP contribution in [0, 0.1) is 0 Å². The fourth-order valence-electron chi connectivity index (χ4n) is 1.99. The van der Waals surface area contributed by atoms with E-state index in [1.54, 1.807) is 4.31 Å². The molecule has 6 nitrogen and oxygen atoms in total. The largest absolute Gasteiger partial charge is 0.395 e. The van der Waals surface area contributed by atoms with E-state index < -0.39 is 10.0 Å². The van der Waals surface area contributed by atoms with E-state index in [0.29, 0.717) is 39.1 Å². The van der Waals surface area contributed by atoms with Gasteiger partial charge in [-0.1, -0.05) is 0 Å². The summed E-state index contributed by atoms with van der Waals surface area (Å²) in [6, 6.07) is 0. The molecule has 1 heterocycles. The van der Waals surface area contributed by atoms with Crippen molar-refractivity contribution in [1.29, 1.82) is 0 Å². The molecule has 0 aromatic carbocycles. The summed E-state index contributed by atoms with van der Waals surface area (Å²) in [5, 5.41) is 8.86. The van der Waals surface area contributed by atoms with Gasteiger partial charge in [-0.3, -0.25) is 4.90 Å². The first-order chi connectivity index (χ1) is 8.10. The molecule has 1 rings (SSSR count). The van der Waals surface area contributed by atoms with Crippen LogP contribution in [0.25, 0.3) is 0 Å². The van der Waals surface area contributed by atoms with Gasteiger partial charge in [-0.15, -0.1) is 0 Å². The first-order valence-electron chi connectivity index (χ1n) is 6.11. The number of hydrogen-bond acceptors (Lipinski definition) is 5. The van der Waals surface area contributed by atoms with Crippen molar-refractivity contribution in [2.45, 2.75) is 12.8 Å². The Hall–Kier alpha value is -0.210. The minimum absolute atomic E-state index is 0.125. The molecular weight excluding hydrogens is 242 g/mol. The van der Waals surface area contributed by atoms with Gasteiger partial charge in [0, 0.05) is 26.2 Å². The Bertz CT molecular complexity index is 308. The molecule has 0 aromatic heterocycles. The van der Waals surface area contributed by atoms with Crippen LogP contribution in [0.1, 0.15) is 12.8 Å². The lowest BCUT2D eigenvalue weighted by Crippen LogP contribution is -2.37. The van der Waals surface area contributed by atoms with Crippen LogP contribution in [0.3, 0.4) is 0 Å². The van der Waals surface area contributed by atoms with Gasteiger partial charge in [-0.05, 0) is 25.9 Å². The van der Waals surface area contributed by atoms with Crippen LogP contribution in [-0.4, -0.2) is 74.4 Å². The normalized spacial score (nSPS) is 20.4. The smallest absolute Gasteiger partial charge is 0.214 e. The Labute approximate surface area is 103 Å². The second kappa shape index (κ2) is 7.27. The van der Waals surface area contributed by atoms with Crippen LogP contribution >= 0.6 is 0 Å². The Kier molecular flexibility index (Phi) is 6.35. The molecule has 0 bridgehead atoms. The van der Waals surface area contributed by atoms with Gasteiger partial charge in [0.25, 0.3) is 0 Å². The highest BCUT2D eigenvalue weighted by atomic mass is 32.2. The second-order valence-electron chi connectivity index (χ2n) is 4.28. The Morgan fingerprint density at radius 1 is 1.18 bits per heavy atom. The van der Waals surface area contributed by atoms with Gasteiger partial charge in [-0.2, -0.15) is 0 Å². The summed E-state index contributed by atoms with van der Waals surface area (Å²) >= 11 is 0. The highest BCUT2D eigenvalue weighted by Crippen LogP contribution is 2.09. The zero-order valence-electron chi connectivity index (χ0n) is 10.2. The van der Waals surface area contributed by atoms with Gasteiger partial charge in [0.1, 0.15) is 0 Å². The van der Waals surface area contributed by atoms with E-state index in [9.17, 15) is 8.42 Å². The van der Waals surface area contributed by atoms with Crippen LogP contribution in [0.15, 0.2) is 0 Å². The maximum atomic E-state index is 12.0. The molecule has 0 saturated carbocycles. The van der Waals surface area contributed by atoms with Crippen molar-refractivity contribution in [1.82, 2.24) is 9.21 Å². The van der Waals surface area contributed by atoms with E-state index in [0.717, 1.165) is 13.0 Å². The highest BCUT2D eigenvalue weighted by Gasteiger charge is 2.24. The zero-order valence-corrected chi connectivity index (χ0v) is 11.0. The summed E-state index contributed by atoms with van der Waals surface area (Å²) in [6.45, 7) is 3.80. The first-order valence-corrected chi connectivity index (χ1v) is 7.72. The second-order valence-corrected chi connectivity index (χ2v) is 6.36. The maximum Gasteiger partial charge on any atom is 0.214 e. The molecule has 102 valence electrons. The number of β-amino-alcohol motifs (C(OH)–C–C–N with tert-alkyl or cyclic N) is 1. The Balaban J connectivity index is 2.50. The van der Waals surface area contributed by atoms with Crippen molar-refractivity contribution in [2.24, 2.45) is 5.73 Å². The number of aliphatic hydroxyl groups excluding tert-OH is 1. The molecular formula is C10H23N3O3S. The third-order valence-electron chi connectivity index (χ3n) is 2.96. The molecule has 1 saturated heterocycles. The van der Waals surface area contributed by atoms with Gasteiger partial charge in [0.15, 0.2) is 0 Å². The number of rotatable bonds is 6. The van der Waals surface area contributed by atoms with Crippen molar-refractivity contribution in [3.8, 4) is 0 Å². The number of sulfonamides is 1. The molecule has 17 heavy (non-hydrogen) atoms. The summed E-state index contributed by atoms with van der Waals surface area (Å²) in [7, 11) is -3.14. The quantitative estimate of drug-likeness (QED) is 0.621. The monoisotopic (exact) mass is 265 g/mol. The summed E-state index contributed by atoms with van der Waals surface area (Å²) < 4.78 is 25.5. The molecule has 0 amide bonds. The zero-order chi connectivity index (χ0) is 12.7. The first kappa shape index (κ1) is 14.8. The van der Waals surface area contributed by atoms with Crippen LogP contribution in [0.5, 0.6) is 0 Å². The molecule has 0 spiro atoms. The lowest BCUT2D eigenvalue weighted by molar-refractivity contribution is 0.202. The fourth-order valence-corrected chi connectivity index (χ4v) is 3.54. The molecule has 0 unspecified atom stereocenters. The minimum Gasteiger partial charge on any atom is -0.395 e. The van der Waals surface area contributed by atoms with E-state index in [1.165, 1.54) is 0 Å². The van der Waals surface area contributed by atoms with E-state index in [2.05, 4.69) is 4.90 Å². The van der Waals surface area contributed by atoms with Crippen LogP contribution in [0.2, 0.25) is 0 Å². The van der Waals surface area contributed by atoms with Crippen molar-refractivity contribution in [3.05, 3.63) is 0 Å². The average molecular weight is 265 g/mol. The summed E-state index contributed by atoms with van der Waals surface area (Å²) in [4.78, 5) is 2.10. The molecule has 0 radical (unpaired) electrons. The van der Waals surface area contributed by atoms with Crippen molar-refractivity contribution >= 4 is 10.0 Å². The topological polar surface area (TPSA) is 86.9 Å². The molecule has 0 atom stereocenters. The van der Waals surface area contributed by atoms with Crippen LogP contribution in [0.4, 0.5) is 0 Å². The Morgan fingerprint density at radius 3 is 2.59 bits per heavy atom. The van der Waals surface area contributed by atoms with E-state index >= 15 is 0 Å². The lowest BCUT2D eigenvalue weighted by Gasteiger charge is -2.21. The van der Waals surface area contributed by atoms with Gasteiger partial charge in [0.05, 0.1) is 12.4 Å². The number of hydrogen-bond donors (Lipinski definition) is 2. The van der Waals surface area contributed by atoms with E-state index in [-0.39, 0.29) is 12.4 Å². The molecule has 7 heteroatoms. The third kappa shape index (κ3) is 4.89. The summed E-state index contributed by atoms with van der Waals surface area (Å²) in [5.74, 6) is 0.142. The number of nitrogens with zero attached hydrogens (tertiary/aromatic N) is 2. The minimum atomic E-state index is -3.14. The van der Waals surface area contributed by atoms with Crippen LogP contribution < -0.4 is 5.73 Å². The third-order valence-corrected chi connectivity index (χ3v) is 4.92. The van der Waals surface area contributed by atoms with Gasteiger partial charge >= 0.3 is 0 Å². The van der Waals surface area contributed by atoms with Crippen molar-refractivity contribution in [3.63, 3.8) is 0 Å². The lowest BCUT2D eigenvalue weighted by atomic mass is 10.4. The number of aliphatic hydroxyl groups is 1. The van der Waals surface area contributed by atoms with Gasteiger partial charge in [0.2, 0.25) is 10.0 Å².